The zero-order valence-electron chi connectivity index (χ0n) is 12.7. The van der Waals surface area contributed by atoms with Crippen molar-refractivity contribution in [2.24, 2.45) is 5.41 Å². The molecule has 0 radical (unpaired) electrons. The Kier molecular flexibility index (Phi) is 4.92. The van der Waals surface area contributed by atoms with E-state index < -0.39 is 11.7 Å². The predicted molar refractivity (Wildman–Crippen MR) is 82.6 cm³/mol. The highest BCUT2D eigenvalue weighted by Crippen LogP contribution is 2.42. The summed E-state index contributed by atoms with van der Waals surface area (Å²) in [4.78, 5) is 17.7. The molecule has 128 valence electrons. The molecule has 2 fully saturated rings. The van der Waals surface area contributed by atoms with E-state index in [0.717, 1.165) is 37.7 Å². The number of carbonyl (C=O) groups is 1. The number of amides is 1. The van der Waals surface area contributed by atoms with Crippen LogP contribution < -0.4 is 10.2 Å². The van der Waals surface area contributed by atoms with Crippen molar-refractivity contribution in [3.05, 3.63) is 23.9 Å². The molecule has 2 unspecified atom stereocenters. The molecule has 1 N–H and O–H groups in total. The van der Waals surface area contributed by atoms with Crippen molar-refractivity contribution in [1.82, 2.24) is 10.3 Å². The van der Waals surface area contributed by atoms with Crippen molar-refractivity contribution in [2.45, 2.75) is 38.4 Å². The van der Waals surface area contributed by atoms with Crippen molar-refractivity contribution in [3.63, 3.8) is 0 Å². The third-order valence-electron chi connectivity index (χ3n) is 4.56. The van der Waals surface area contributed by atoms with E-state index in [1.807, 2.05) is 0 Å². The number of hydrogen-bond donors (Lipinski definition) is 1. The Bertz CT molecular complexity index is 596. The molecule has 3 rings (SSSR count). The summed E-state index contributed by atoms with van der Waals surface area (Å²) in [5.41, 5.74) is -0.914. The van der Waals surface area contributed by atoms with Crippen LogP contribution in [0.25, 0.3) is 0 Å². The predicted octanol–water partition coefficient (Wildman–Crippen LogP) is 3.02. The quantitative estimate of drug-likeness (QED) is 0.847. The summed E-state index contributed by atoms with van der Waals surface area (Å²) in [5, 5.41) is 3.34. The van der Waals surface area contributed by atoms with Crippen LogP contribution in [0.3, 0.4) is 0 Å². The smallest absolute Gasteiger partial charge is 0.314 e. The van der Waals surface area contributed by atoms with Gasteiger partial charge in [0.25, 0.3) is 0 Å². The molecular weight excluding hydrogens is 331 g/mol. The van der Waals surface area contributed by atoms with E-state index in [2.05, 4.69) is 17.2 Å². The van der Waals surface area contributed by atoms with Gasteiger partial charge in [-0.3, -0.25) is 9.69 Å². The molecule has 4 nitrogen and oxygen atoms in total. The van der Waals surface area contributed by atoms with Crippen molar-refractivity contribution in [3.8, 4) is 0 Å². The normalized spacial score (nSPS) is 28.1. The number of nitrogens with zero attached hydrogens (tertiary/aromatic N) is 2. The summed E-state index contributed by atoms with van der Waals surface area (Å²) >= 11 is 0. The van der Waals surface area contributed by atoms with E-state index in [-0.39, 0.29) is 29.5 Å². The summed E-state index contributed by atoms with van der Waals surface area (Å²) < 4.78 is 38.4. The van der Waals surface area contributed by atoms with Crippen molar-refractivity contribution in [1.29, 1.82) is 0 Å². The minimum Gasteiger partial charge on any atom is -0.314 e. The lowest BCUT2D eigenvalue weighted by atomic mass is 9.75. The number of aromatic nitrogens is 1. The van der Waals surface area contributed by atoms with Crippen LogP contribution in [0.15, 0.2) is 18.3 Å². The summed E-state index contributed by atoms with van der Waals surface area (Å²) in [7, 11) is 0. The number of nitrogens with one attached hydrogen (secondary N) is 1. The van der Waals surface area contributed by atoms with E-state index in [1.54, 1.807) is 0 Å². The van der Waals surface area contributed by atoms with Crippen molar-refractivity contribution < 1.29 is 18.0 Å². The van der Waals surface area contributed by atoms with Gasteiger partial charge >= 0.3 is 6.18 Å². The SMILES string of the molecule is CC1CC2(CCN1)CC(=O)N(c1cc(C(F)(F)F)ccn1)C2.Cl. The van der Waals surface area contributed by atoms with E-state index in [1.165, 1.54) is 4.90 Å². The average Bonchev–Trinajstić information content (AvgIpc) is 2.74. The highest BCUT2D eigenvalue weighted by Gasteiger charge is 2.46. The molecule has 1 spiro atoms. The highest BCUT2D eigenvalue weighted by atomic mass is 35.5. The van der Waals surface area contributed by atoms with Gasteiger partial charge in [0.1, 0.15) is 5.82 Å². The third kappa shape index (κ3) is 3.61. The standard InChI is InChI=1S/C15H18F3N3O.ClH/c1-10-7-14(3-5-19-10)8-13(22)21(9-14)12-6-11(2-4-20-12)15(16,17)18;/h2,4,6,10,19H,3,5,7-9H2,1H3;1H. The summed E-state index contributed by atoms with van der Waals surface area (Å²) in [5.74, 6) is -0.0381. The number of rotatable bonds is 1. The Balaban J connectivity index is 0.00000192. The van der Waals surface area contributed by atoms with Crippen LogP contribution in [-0.4, -0.2) is 30.0 Å². The lowest BCUT2D eigenvalue weighted by Crippen LogP contribution is -2.43. The molecule has 3 heterocycles. The Morgan fingerprint density at radius 2 is 2.17 bits per heavy atom. The fraction of sp³-hybridized carbons (Fsp3) is 0.600. The molecule has 2 atom stereocenters. The number of alkyl halides is 3. The first-order valence-electron chi connectivity index (χ1n) is 7.36. The molecular formula is C15H19ClF3N3O. The van der Waals surface area contributed by atoms with Gasteiger partial charge in [-0.25, -0.2) is 4.98 Å². The second kappa shape index (κ2) is 6.28. The molecule has 2 aliphatic rings. The summed E-state index contributed by atoms with van der Waals surface area (Å²) in [6.45, 7) is 3.35. The molecule has 8 heteroatoms. The van der Waals surface area contributed by atoms with E-state index >= 15 is 0 Å². The largest absolute Gasteiger partial charge is 0.416 e. The van der Waals surface area contributed by atoms with Crippen LogP contribution in [0.5, 0.6) is 0 Å². The number of anilines is 1. The lowest BCUT2D eigenvalue weighted by Gasteiger charge is -2.36. The Hall–Kier alpha value is -1.34. The van der Waals surface area contributed by atoms with Gasteiger partial charge in [0.2, 0.25) is 5.91 Å². The molecule has 0 saturated carbocycles. The van der Waals surface area contributed by atoms with Crippen LogP contribution >= 0.6 is 12.4 Å². The van der Waals surface area contributed by atoms with Gasteiger partial charge < -0.3 is 5.32 Å². The van der Waals surface area contributed by atoms with Gasteiger partial charge in [0.15, 0.2) is 0 Å². The molecule has 0 bridgehead atoms. The maximum absolute atomic E-state index is 12.8. The van der Waals surface area contributed by atoms with Gasteiger partial charge in [0, 0.05) is 25.2 Å². The average molecular weight is 350 g/mol. The zero-order chi connectivity index (χ0) is 16.0. The first-order chi connectivity index (χ1) is 10.3. The molecule has 0 aromatic carbocycles. The van der Waals surface area contributed by atoms with Crippen molar-refractivity contribution >= 4 is 24.1 Å². The maximum Gasteiger partial charge on any atom is 0.416 e. The van der Waals surface area contributed by atoms with Gasteiger partial charge in [0.05, 0.1) is 5.56 Å². The molecule has 1 amide bonds. The molecule has 23 heavy (non-hydrogen) atoms. The molecule has 1 aromatic rings. The Labute approximate surface area is 138 Å². The van der Waals surface area contributed by atoms with Crippen LogP contribution in [0.2, 0.25) is 0 Å². The number of piperidine rings is 1. The molecule has 1 aromatic heterocycles. The highest BCUT2D eigenvalue weighted by molar-refractivity contribution is 5.95. The minimum atomic E-state index is -4.43. The van der Waals surface area contributed by atoms with Gasteiger partial charge in [-0.1, -0.05) is 0 Å². The van der Waals surface area contributed by atoms with E-state index in [0.29, 0.717) is 19.0 Å². The van der Waals surface area contributed by atoms with E-state index in [4.69, 9.17) is 0 Å². The topological polar surface area (TPSA) is 45.2 Å². The minimum absolute atomic E-state index is 0. The van der Waals surface area contributed by atoms with Gasteiger partial charge in [-0.2, -0.15) is 13.2 Å². The van der Waals surface area contributed by atoms with E-state index in [9.17, 15) is 18.0 Å². The molecule has 2 saturated heterocycles. The van der Waals surface area contributed by atoms with Crippen LogP contribution in [-0.2, 0) is 11.0 Å². The summed E-state index contributed by atoms with van der Waals surface area (Å²) in [6.07, 6.45) is -1.22. The zero-order valence-corrected chi connectivity index (χ0v) is 13.5. The Morgan fingerprint density at radius 1 is 1.43 bits per heavy atom. The fourth-order valence-corrected chi connectivity index (χ4v) is 3.56. The number of halogens is 4. The summed E-state index contributed by atoms with van der Waals surface area (Å²) in [6, 6.07) is 2.20. The molecule has 2 aliphatic heterocycles. The van der Waals surface area contributed by atoms with Gasteiger partial charge in [-0.15, -0.1) is 12.4 Å². The first-order valence-corrected chi connectivity index (χ1v) is 7.36. The number of hydrogen-bond acceptors (Lipinski definition) is 3. The van der Waals surface area contributed by atoms with Gasteiger partial charge in [-0.05, 0) is 43.9 Å². The Morgan fingerprint density at radius 3 is 2.83 bits per heavy atom. The van der Waals surface area contributed by atoms with Crippen LogP contribution in [0.4, 0.5) is 19.0 Å². The van der Waals surface area contributed by atoms with Crippen LogP contribution in [0.1, 0.15) is 31.7 Å². The lowest BCUT2D eigenvalue weighted by molar-refractivity contribution is -0.137. The second-order valence-electron chi connectivity index (χ2n) is 6.37. The fourth-order valence-electron chi connectivity index (χ4n) is 3.56. The first kappa shape index (κ1) is 18.0. The van der Waals surface area contributed by atoms with Crippen molar-refractivity contribution in [2.75, 3.05) is 18.0 Å². The second-order valence-corrected chi connectivity index (χ2v) is 6.37. The number of carbonyl (C=O) groups excluding carboxylic acids is 1. The van der Waals surface area contributed by atoms with Crippen LogP contribution in [0, 0.1) is 5.41 Å². The monoisotopic (exact) mass is 349 g/mol. The third-order valence-corrected chi connectivity index (χ3v) is 4.56. The maximum atomic E-state index is 12.8. The molecule has 0 aliphatic carbocycles. The number of pyridine rings is 1.